The first kappa shape index (κ1) is 13.8. The molecule has 0 fully saturated rings. The van der Waals surface area contributed by atoms with Crippen LogP contribution in [-0.4, -0.2) is 0 Å². The number of halogens is 3. The third-order valence-electron chi connectivity index (χ3n) is 2.86. The van der Waals surface area contributed by atoms with Crippen LogP contribution < -0.4 is 4.74 Å². The Morgan fingerprint density at radius 1 is 1.05 bits per heavy atom. The molecule has 0 spiro atoms. The molecule has 0 saturated heterocycles. The van der Waals surface area contributed by atoms with Gasteiger partial charge in [0.15, 0.2) is 0 Å². The molecule has 1 nitrogen and oxygen atoms in total. The van der Waals surface area contributed by atoms with Gasteiger partial charge in [0.2, 0.25) is 0 Å². The lowest BCUT2D eigenvalue weighted by atomic mass is 10.1. The lowest BCUT2D eigenvalue weighted by molar-refractivity contribution is 0.288. The SMILES string of the molecule is Cc1cccc(CCl)c1OCc1c(F)cccc1F. The van der Waals surface area contributed by atoms with Gasteiger partial charge in [0, 0.05) is 5.56 Å². The minimum atomic E-state index is -0.610. The number of rotatable bonds is 4. The van der Waals surface area contributed by atoms with Crippen molar-refractivity contribution in [2.75, 3.05) is 0 Å². The van der Waals surface area contributed by atoms with E-state index in [1.165, 1.54) is 18.2 Å². The number of hydrogen-bond acceptors (Lipinski definition) is 1. The maximum absolute atomic E-state index is 13.5. The van der Waals surface area contributed by atoms with E-state index in [1.54, 1.807) is 0 Å². The van der Waals surface area contributed by atoms with Gasteiger partial charge in [-0.3, -0.25) is 0 Å². The van der Waals surface area contributed by atoms with Gasteiger partial charge in [-0.05, 0) is 24.6 Å². The van der Waals surface area contributed by atoms with E-state index in [2.05, 4.69) is 0 Å². The van der Waals surface area contributed by atoms with Gasteiger partial charge >= 0.3 is 0 Å². The summed E-state index contributed by atoms with van der Waals surface area (Å²) in [5.41, 5.74) is 1.61. The zero-order valence-electron chi connectivity index (χ0n) is 10.4. The van der Waals surface area contributed by atoms with Gasteiger partial charge in [0.05, 0.1) is 11.4 Å². The minimum Gasteiger partial charge on any atom is -0.488 e. The van der Waals surface area contributed by atoms with Crippen molar-refractivity contribution in [3.63, 3.8) is 0 Å². The highest BCUT2D eigenvalue weighted by Gasteiger charge is 2.11. The molecule has 2 aromatic carbocycles. The van der Waals surface area contributed by atoms with Crippen molar-refractivity contribution in [3.8, 4) is 5.75 Å². The summed E-state index contributed by atoms with van der Waals surface area (Å²) in [6, 6.07) is 9.30. The summed E-state index contributed by atoms with van der Waals surface area (Å²) in [5, 5.41) is 0. The summed E-state index contributed by atoms with van der Waals surface area (Å²) in [6.07, 6.45) is 0. The molecular formula is C15H13ClF2O. The Labute approximate surface area is 115 Å². The van der Waals surface area contributed by atoms with Crippen molar-refractivity contribution in [2.45, 2.75) is 19.4 Å². The molecule has 0 aliphatic heterocycles. The molecule has 0 aliphatic rings. The Morgan fingerprint density at radius 2 is 1.68 bits per heavy atom. The molecule has 0 heterocycles. The van der Waals surface area contributed by atoms with Crippen LogP contribution in [0.3, 0.4) is 0 Å². The fourth-order valence-electron chi connectivity index (χ4n) is 1.84. The first-order chi connectivity index (χ1) is 9.13. The highest BCUT2D eigenvalue weighted by molar-refractivity contribution is 6.17. The third kappa shape index (κ3) is 3.04. The van der Waals surface area contributed by atoms with Crippen molar-refractivity contribution in [2.24, 2.45) is 0 Å². The monoisotopic (exact) mass is 282 g/mol. The average Bonchev–Trinajstić information content (AvgIpc) is 2.39. The fraction of sp³-hybridized carbons (Fsp3) is 0.200. The second-order valence-corrected chi connectivity index (χ2v) is 4.45. The molecular weight excluding hydrogens is 270 g/mol. The Hall–Kier alpha value is -1.61. The standard InChI is InChI=1S/C15H13ClF2O/c1-10-4-2-5-11(8-16)15(10)19-9-12-13(17)6-3-7-14(12)18/h2-7H,8-9H2,1H3. The van der Waals surface area contributed by atoms with E-state index in [4.69, 9.17) is 16.3 Å². The summed E-state index contributed by atoms with van der Waals surface area (Å²) in [7, 11) is 0. The van der Waals surface area contributed by atoms with Gasteiger partial charge in [-0.1, -0.05) is 24.3 Å². The topological polar surface area (TPSA) is 9.23 Å². The predicted octanol–water partition coefficient (Wildman–Crippen LogP) is 4.59. The Balaban J connectivity index is 2.24. The Bertz CT molecular complexity index is 564. The van der Waals surface area contributed by atoms with Crippen LogP contribution in [0, 0.1) is 18.6 Å². The van der Waals surface area contributed by atoms with E-state index in [0.717, 1.165) is 11.1 Å². The Morgan fingerprint density at radius 3 is 2.32 bits per heavy atom. The van der Waals surface area contributed by atoms with Crippen LogP contribution in [0.5, 0.6) is 5.75 Å². The zero-order valence-corrected chi connectivity index (χ0v) is 11.2. The van der Waals surface area contributed by atoms with Crippen LogP contribution in [-0.2, 0) is 12.5 Å². The van der Waals surface area contributed by atoms with Crippen LogP contribution >= 0.6 is 11.6 Å². The van der Waals surface area contributed by atoms with Crippen LogP contribution in [0.15, 0.2) is 36.4 Å². The van der Waals surface area contributed by atoms with Gasteiger partial charge in [0.1, 0.15) is 24.0 Å². The number of benzene rings is 2. The number of para-hydroxylation sites is 1. The quantitative estimate of drug-likeness (QED) is 0.745. The molecule has 0 atom stereocenters. The van der Waals surface area contributed by atoms with E-state index in [1.807, 2.05) is 25.1 Å². The van der Waals surface area contributed by atoms with Crippen LogP contribution in [0.2, 0.25) is 0 Å². The summed E-state index contributed by atoms with van der Waals surface area (Å²) >= 11 is 5.82. The van der Waals surface area contributed by atoms with Crippen molar-refractivity contribution in [3.05, 3.63) is 64.7 Å². The minimum absolute atomic E-state index is 0.0775. The lowest BCUT2D eigenvalue weighted by Crippen LogP contribution is -2.04. The fourth-order valence-corrected chi connectivity index (χ4v) is 2.05. The van der Waals surface area contributed by atoms with Crippen molar-refractivity contribution in [1.82, 2.24) is 0 Å². The van der Waals surface area contributed by atoms with Crippen LogP contribution in [0.25, 0.3) is 0 Å². The molecule has 0 saturated carbocycles. The normalized spacial score (nSPS) is 10.5. The van der Waals surface area contributed by atoms with E-state index in [0.29, 0.717) is 5.75 Å². The molecule has 0 unspecified atom stereocenters. The summed E-state index contributed by atoms with van der Waals surface area (Å²) in [5.74, 6) is -0.348. The van der Waals surface area contributed by atoms with Gasteiger partial charge in [-0.15, -0.1) is 11.6 Å². The molecule has 2 aromatic rings. The van der Waals surface area contributed by atoms with Crippen LogP contribution in [0.4, 0.5) is 8.78 Å². The van der Waals surface area contributed by atoms with Gasteiger partial charge in [-0.25, -0.2) is 8.78 Å². The summed E-state index contributed by atoms with van der Waals surface area (Å²) < 4.78 is 32.5. The second kappa shape index (κ2) is 6.02. The molecule has 4 heteroatoms. The molecule has 0 amide bonds. The van der Waals surface area contributed by atoms with Crippen molar-refractivity contribution < 1.29 is 13.5 Å². The molecule has 19 heavy (non-hydrogen) atoms. The molecule has 0 aromatic heterocycles. The van der Waals surface area contributed by atoms with Crippen molar-refractivity contribution >= 4 is 11.6 Å². The number of aryl methyl sites for hydroxylation is 1. The summed E-state index contributed by atoms with van der Waals surface area (Å²) in [6.45, 7) is 1.70. The number of alkyl halides is 1. The molecule has 0 radical (unpaired) electrons. The Kier molecular flexibility index (Phi) is 4.38. The lowest BCUT2D eigenvalue weighted by Gasteiger charge is -2.13. The van der Waals surface area contributed by atoms with Gasteiger partial charge in [-0.2, -0.15) is 0 Å². The molecule has 100 valence electrons. The van der Waals surface area contributed by atoms with Crippen molar-refractivity contribution in [1.29, 1.82) is 0 Å². The largest absolute Gasteiger partial charge is 0.488 e. The molecule has 0 aliphatic carbocycles. The molecule has 2 rings (SSSR count). The average molecular weight is 283 g/mol. The highest BCUT2D eigenvalue weighted by atomic mass is 35.5. The zero-order chi connectivity index (χ0) is 13.8. The van der Waals surface area contributed by atoms with Crippen LogP contribution in [0.1, 0.15) is 16.7 Å². The highest BCUT2D eigenvalue weighted by Crippen LogP contribution is 2.26. The third-order valence-corrected chi connectivity index (χ3v) is 3.15. The smallest absolute Gasteiger partial charge is 0.132 e. The number of hydrogen-bond donors (Lipinski definition) is 0. The first-order valence-corrected chi connectivity index (χ1v) is 6.37. The molecule has 0 bridgehead atoms. The van der Waals surface area contributed by atoms with Gasteiger partial charge in [0.25, 0.3) is 0 Å². The summed E-state index contributed by atoms with van der Waals surface area (Å²) in [4.78, 5) is 0. The van der Waals surface area contributed by atoms with E-state index < -0.39 is 11.6 Å². The second-order valence-electron chi connectivity index (χ2n) is 4.19. The van der Waals surface area contributed by atoms with E-state index >= 15 is 0 Å². The van der Waals surface area contributed by atoms with Gasteiger partial charge < -0.3 is 4.74 Å². The maximum atomic E-state index is 13.5. The maximum Gasteiger partial charge on any atom is 0.132 e. The first-order valence-electron chi connectivity index (χ1n) is 5.83. The van der Waals surface area contributed by atoms with E-state index in [9.17, 15) is 8.78 Å². The predicted molar refractivity (Wildman–Crippen MR) is 71.4 cm³/mol. The molecule has 0 N–H and O–H groups in total. The van der Waals surface area contributed by atoms with E-state index in [-0.39, 0.29) is 18.1 Å². The number of ether oxygens (including phenoxy) is 1.